The first-order valence-electron chi connectivity index (χ1n) is 25.6. The van der Waals surface area contributed by atoms with Gasteiger partial charge in [0.05, 0.1) is 19.8 Å². The number of allylic oxidation sites excluding steroid dienone is 2. The molecule has 0 fully saturated rings. The summed E-state index contributed by atoms with van der Waals surface area (Å²) in [6.07, 6.45) is 47.5. The van der Waals surface area contributed by atoms with Crippen LogP contribution in [0, 0.1) is 0 Å². The van der Waals surface area contributed by atoms with Crippen LogP contribution in [0.1, 0.15) is 258 Å². The van der Waals surface area contributed by atoms with Crippen LogP contribution in [0.2, 0.25) is 0 Å². The number of carbonyl (C=O) groups excluding carboxylic acids is 2. The van der Waals surface area contributed by atoms with Gasteiger partial charge in [0.25, 0.3) is 0 Å². The maximum Gasteiger partial charge on any atom is 0.472 e. The van der Waals surface area contributed by atoms with Gasteiger partial charge in [-0.1, -0.05) is 219 Å². The van der Waals surface area contributed by atoms with Crippen molar-refractivity contribution in [3.63, 3.8) is 0 Å². The molecule has 10 nitrogen and oxygen atoms in total. The van der Waals surface area contributed by atoms with Gasteiger partial charge in [-0.25, -0.2) is 4.57 Å². The fourth-order valence-corrected chi connectivity index (χ4v) is 8.25. The zero-order valence-corrected chi connectivity index (χ0v) is 40.5. The van der Waals surface area contributed by atoms with E-state index in [0.29, 0.717) is 12.8 Å². The number of phosphoric acid groups is 1. The SMILES string of the molecule is CCCCCCCC/C=C\CCCCCCCCCC(=O)OC(COC(=O)CCCCCCCCCCCCCCCCCCCCCCC)COP(=O)(O)OCC(O)CO. The maximum absolute atomic E-state index is 12.7. The van der Waals surface area contributed by atoms with E-state index in [0.717, 1.165) is 38.5 Å². The van der Waals surface area contributed by atoms with Crippen molar-refractivity contribution in [3.05, 3.63) is 12.2 Å². The third kappa shape index (κ3) is 46.5. The summed E-state index contributed by atoms with van der Waals surface area (Å²) < 4.78 is 32.9. The fourth-order valence-electron chi connectivity index (χ4n) is 7.46. The Morgan fingerprint density at radius 3 is 1.18 bits per heavy atom. The number of phosphoric ester groups is 1. The average molecular weight is 889 g/mol. The molecule has 0 bridgehead atoms. The zero-order chi connectivity index (χ0) is 44.8. The first-order valence-corrected chi connectivity index (χ1v) is 27.1. The number of esters is 2. The molecule has 3 N–H and O–H groups in total. The molecule has 3 unspecified atom stereocenters. The van der Waals surface area contributed by atoms with Gasteiger partial charge < -0.3 is 24.6 Å². The summed E-state index contributed by atoms with van der Waals surface area (Å²) in [5, 5.41) is 18.4. The summed E-state index contributed by atoms with van der Waals surface area (Å²) >= 11 is 0. The van der Waals surface area contributed by atoms with Crippen LogP contribution in [-0.4, -0.2) is 65.7 Å². The number of hydrogen-bond acceptors (Lipinski definition) is 9. The number of hydrogen-bond donors (Lipinski definition) is 3. The van der Waals surface area contributed by atoms with E-state index in [-0.39, 0.29) is 19.4 Å². The lowest BCUT2D eigenvalue weighted by Gasteiger charge is -2.20. The van der Waals surface area contributed by atoms with Gasteiger partial charge in [0.2, 0.25) is 0 Å². The standard InChI is InChI=1S/C50H97O10P/c1-3-5-7-9-11-13-15-17-19-21-22-23-24-26-27-29-31-33-35-37-39-41-49(53)57-45-48(46-59-61(55,56)58-44-47(52)43-51)60-50(54)42-40-38-36-34-32-30-28-25-20-18-16-14-12-10-8-6-4-2/h18,20,47-48,51-52H,3-17,19,21-46H2,1-2H3,(H,55,56)/b20-18-. The Morgan fingerprint density at radius 1 is 0.475 bits per heavy atom. The van der Waals surface area contributed by atoms with E-state index in [4.69, 9.17) is 23.6 Å². The van der Waals surface area contributed by atoms with Crippen LogP contribution in [0.5, 0.6) is 0 Å². The Hall–Kier alpha value is -1.29. The molecule has 61 heavy (non-hydrogen) atoms. The lowest BCUT2D eigenvalue weighted by molar-refractivity contribution is -0.161. The second-order valence-electron chi connectivity index (χ2n) is 17.6. The predicted octanol–water partition coefficient (Wildman–Crippen LogP) is 14.3. The summed E-state index contributed by atoms with van der Waals surface area (Å²) in [6.45, 7) is 2.43. The second kappa shape index (κ2) is 46.7. The van der Waals surface area contributed by atoms with Crippen molar-refractivity contribution in [1.82, 2.24) is 0 Å². The van der Waals surface area contributed by atoms with Crippen molar-refractivity contribution < 1.29 is 47.8 Å². The van der Waals surface area contributed by atoms with Crippen molar-refractivity contribution in [2.45, 2.75) is 270 Å². The highest BCUT2D eigenvalue weighted by Crippen LogP contribution is 2.43. The molecule has 3 atom stereocenters. The van der Waals surface area contributed by atoms with Crippen LogP contribution in [0.15, 0.2) is 12.2 Å². The smallest absolute Gasteiger partial charge is 0.462 e. The van der Waals surface area contributed by atoms with Crippen molar-refractivity contribution >= 4 is 19.8 Å². The summed E-state index contributed by atoms with van der Waals surface area (Å²) in [5.74, 6) is -0.913. The van der Waals surface area contributed by atoms with Gasteiger partial charge in [-0.3, -0.25) is 18.6 Å². The largest absolute Gasteiger partial charge is 0.472 e. The first kappa shape index (κ1) is 59.7. The van der Waals surface area contributed by atoms with E-state index < -0.39 is 51.8 Å². The lowest BCUT2D eigenvalue weighted by Crippen LogP contribution is -2.29. The molecule has 0 rings (SSSR count). The molecule has 362 valence electrons. The van der Waals surface area contributed by atoms with E-state index in [9.17, 15) is 24.2 Å². The van der Waals surface area contributed by atoms with Crippen LogP contribution in [-0.2, 0) is 32.7 Å². The van der Waals surface area contributed by atoms with E-state index in [1.807, 2.05) is 0 Å². The Balaban J connectivity index is 4.13. The topological polar surface area (TPSA) is 149 Å². The number of unbranched alkanes of at least 4 members (excludes halogenated alkanes) is 33. The zero-order valence-electron chi connectivity index (χ0n) is 39.7. The normalized spacial score (nSPS) is 13.7. The van der Waals surface area contributed by atoms with E-state index >= 15 is 0 Å². The van der Waals surface area contributed by atoms with Gasteiger partial charge in [0.1, 0.15) is 12.7 Å². The molecule has 0 aliphatic heterocycles. The second-order valence-corrected chi connectivity index (χ2v) is 19.0. The van der Waals surface area contributed by atoms with Crippen LogP contribution in [0.3, 0.4) is 0 Å². The van der Waals surface area contributed by atoms with Crippen LogP contribution in [0.25, 0.3) is 0 Å². The molecule has 0 aliphatic carbocycles. The number of ether oxygens (including phenoxy) is 2. The summed E-state index contributed by atoms with van der Waals surface area (Å²) in [4.78, 5) is 35.2. The van der Waals surface area contributed by atoms with Gasteiger partial charge in [-0.05, 0) is 38.5 Å². The molecular formula is C50H97O10P. The lowest BCUT2D eigenvalue weighted by atomic mass is 10.0. The highest BCUT2D eigenvalue weighted by atomic mass is 31.2. The molecule has 0 aliphatic rings. The highest BCUT2D eigenvalue weighted by Gasteiger charge is 2.27. The molecule has 11 heteroatoms. The number of carbonyl (C=O) groups is 2. The molecule has 0 heterocycles. The first-order chi connectivity index (χ1) is 29.7. The maximum atomic E-state index is 12.7. The van der Waals surface area contributed by atoms with Gasteiger partial charge in [0, 0.05) is 12.8 Å². The summed E-state index contributed by atoms with van der Waals surface area (Å²) in [7, 11) is -4.62. The van der Waals surface area contributed by atoms with Crippen molar-refractivity contribution in [2.75, 3.05) is 26.4 Å². The van der Waals surface area contributed by atoms with Gasteiger partial charge >= 0.3 is 19.8 Å². The molecule has 0 aromatic rings. The third-order valence-corrected chi connectivity index (χ3v) is 12.4. The fraction of sp³-hybridized carbons (Fsp3) is 0.920. The Labute approximate surface area is 375 Å². The molecule has 0 radical (unpaired) electrons. The minimum Gasteiger partial charge on any atom is -0.462 e. The van der Waals surface area contributed by atoms with E-state index in [1.54, 1.807) is 0 Å². The number of aliphatic hydroxyl groups is 2. The van der Waals surface area contributed by atoms with Crippen LogP contribution in [0.4, 0.5) is 0 Å². The molecule has 0 saturated carbocycles. The van der Waals surface area contributed by atoms with Gasteiger partial charge in [-0.2, -0.15) is 0 Å². The summed E-state index contributed by atoms with van der Waals surface area (Å²) in [5.41, 5.74) is 0. The van der Waals surface area contributed by atoms with Gasteiger partial charge in [-0.15, -0.1) is 0 Å². The minimum absolute atomic E-state index is 0.184. The monoisotopic (exact) mass is 889 g/mol. The average Bonchev–Trinajstić information content (AvgIpc) is 3.25. The minimum atomic E-state index is -4.62. The van der Waals surface area contributed by atoms with Crippen LogP contribution < -0.4 is 0 Å². The number of aliphatic hydroxyl groups excluding tert-OH is 2. The molecule has 0 spiro atoms. The van der Waals surface area contributed by atoms with Gasteiger partial charge in [0.15, 0.2) is 6.10 Å². The highest BCUT2D eigenvalue weighted by molar-refractivity contribution is 7.47. The third-order valence-electron chi connectivity index (χ3n) is 11.4. The molecule has 0 amide bonds. The van der Waals surface area contributed by atoms with Crippen molar-refractivity contribution in [2.24, 2.45) is 0 Å². The Kier molecular flexibility index (Phi) is 45.7. The molecule has 0 aromatic heterocycles. The molecular weight excluding hydrogens is 792 g/mol. The van der Waals surface area contributed by atoms with E-state index in [1.165, 1.54) is 180 Å². The van der Waals surface area contributed by atoms with Crippen LogP contribution >= 0.6 is 7.82 Å². The summed E-state index contributed by atoms with van der Waals surface area (Å²) in [6, 6.07) is 0. The predicted molar refractivity (Wildman–Crippen MR) is 252 cm³/mol. The van der Waals surface area contributed by atoms with Crippen molar-refractivity contribution in [1.29, 1.82) is 0 Å². The van der Waals surface area contributed by atoms with Crippen molar-refractivity contribution in [3.8, 4) is 0 Å². The molecule has 0 saturated heterocycles. The Morgan fingerprint density at radius 2 is 0.803 bits per heavy atom. The molecule has 0 aromatic carbocycles. The van der Waals surface area contributed by atoms with E-state index in [2.05, 4.69) is 26.0 Å². The number of rotatable bonds is 49. The Bertz CT molecular complexity index is 1020. The quantitative estimate of drug-likeness (QED) is 0.0233.